The van der Waals surface area contributed by atoms with E-state index in [0.29, 0.717) is 39.0 Å². The highest BCUT2D eigenvalue weighted by Gasteiger charge is 2.29. The largest absolute Gasteiger partial charge is 0.372 e. The molecule has 7 heteroatoms. The molecule has 1 aliphatic heterocycles. The van der Waals surface area contributed by atoms with Crippen molar-refractivity contribution in [3.05, 3.63) is 35.4 Å². The number of ketones is 1. The van der Waals surface area contributed by atoms with Crippen molar-refractivity contribution in [3.8, 4) is 0 Å². The van der Waals surface area contributed by atoms with Crippen molar-refractivity contribution in [1.82, 2.24) is 9.80 Å². The topological polar surface area (TPSA) is 84.0 Å². The Bertz CT molecular complexity index is 699. The zero-order valence-corrected chi connectivity index (χ0v) is 15.9. The number of hydrogen-bond donors (Lipinski definition) is 0. The normalized spacial score (nSPS) is 13.3. The highest BCUT2D eigenvalue weighted by molar-refractivity contribution is 6.00. The third-order valence-corrected chi connectivity index (χ3v) is 4.42. The Morgan fingerprint density at radius 2 is 1.81 bits per heavy atom. The van der Waals surface area contributed by atoms with E-state index in [1.165, 1.54) is 11.8 Å². The van der Waals surface area contributed by atoms with Crippen LogP contribution in [-0.2, 0) is 36.9 Å². The van der Waals surface area contributed by atoms with Crippen LogP contribution in [0.3, 0.4) is 0 Å². The van der Waals surface area contributed by atoms with Gasteiger partial charge in [-0.2, -0.15) is 0 Å². The number of Topliss-reactive ketones (excluding diaryl/α,β-unsaturated/α-hetero) is 1. The Kier molecular flexibility index (Phi) is 7.67. The number of likely N-dealkylation sites (N-methyl/N-ethyl adjacent to an activating group) is 1. The Balaban J connectivity index is 1.72. The first-order valence-corrected chi connectivity index (χ1v) is 9.09. The van der Waals surface area contributed by atoms with Gasteiger partial charge < -0.3 is 14.4 Å². The molecule has 27 heavy (non-hydrogen) atoms. The summed E-state index contributed by atoms with van der Waals surface area (Å²) in [4.78, 5) is 49.0. The summed E-state index contributed by atoms with van der Waals surface area (Å²) in [5, 5.41) is 0. The SMILES string of the molecule is CC(=O)CCCOCC(=O)N(C)Cc1ccc(CC(=O)N2CCC2=O)cc1. The van der Waals surface area contributed by atoms with E-state index in [4.69, 9.17) is 4.74 Å². The van der Waals surface area contributed by atoms with Crippen LogP contribution in [0.25, 0.3) is 0 Å². The number of ether oxygens (including phenoxy) is 1. The van der Waals surface area contributed by atoms with Gasteiger partial charge in [0.15, 0.2) is 0 Å². The monoisotopic (exact) mass is 374 g/mol. The van der Waals surface area contributed by atoms with E-state index in [9.17, 15) is 19.2 Å². The number of likely N-dealkylation sites (tertiary alicyclic amines) is 1. The summed E-state index contributed by atoms with van der Waals surface area (Å²) in [6, 6.07) is 7.43. The standard InChI is InChI=1S/C20H26N2O5/c1-15(23)4-3-11-27-14-20(26)21(2)13-17-7-5-16(6-8-17)12-19(25)22-10-9-18(22)24/h5-8H,3-4,9-14H2,1-2H3. The number of β-lactam (4-membered cyclic amide) rings is 1. The molecule has 1 aromatic rings. The lowest BCUT2D eigenvalue weighted by atomic mass is 10.1. The summed E-state index contributed by atoms with van der Waals surface area (Å²) in [5.74, 6) is -0.300. The zero-order chi connectivity index (χ0) is 19.8. The van der Waals surface area contributed by atoms with Crippen LogP contribution in [0, 0.1) is 0 Å². The fraction of sp³-hybridized carbons (Fsp3) is 0.500. The highest BCUT2D eigenvalue weighted by Crippen LogP contribution is 2.13. The molecule has 1 heterocycles. The first-order chi connectivity index (χ1) is 12.9. The molecule has 3 amide bonds. The van der Waals surface area contributed by atoms with Gasteiger partial charge in [0.05, 0.1) is 6.42 Å². The van der Waals surface area contributed by atoms with Crippen LogP contribution in [0.4, 0.5) is 0 Å². The van der Waals surface area contributed by atoms with Crippen molar-refractivity contribution in [2.45, 2.75) is 39.2 Å². The van der Waals surface area contributed by atoms with Gasteiger partial charge in [-0.3, -0.25) is 19.3 Å². The Morgan fingerprint density at radius 3 is 2.37 bits per heavy atom. The average Bonchev–Trinajstić information content (AvgIpc) is 2.61. The van der Waals surface area contributed by atoms with E-state index in [0.717, 1.165) is 11.1 Å². The van der Waals surface area contributed by atoms with Gasteiger partial charge in [-0.15, -0.1) is 0 Å². The number of nitrogens with zero attached hydrogens (tertiary/aromatic N) is 2. The van der Waals surface area contributed by atoms with Gasteiger partial charge in [0.25, 0.3) is 0 Å². The molecule has 0 bridgehead atoms. The zero-order valence-electron chi connectivity index (χ0n) is 15.9. The minimum atomic E-state index is -0.173. The van der Waals surface area contributed by atoms with Crippen molar-refractivity contribution in [3.63, 3.8) is 0 Å². The summed E-state index contributed by atoms with van der Waals surface area (Å²) in [6.07, 6.45) is 1.74. The highest BCUT2D eigenvalue weighted by atomic mass is 16.5. The molecule has 0 spiro atoms. The quantitative estimate of drug-likeness (QED) is 0.456. The smallest absolute Gasteiger partial charge is 0.248 e. The van der Waals surface area contributed by atoms with Gasteiger partial charge in [0, 0.05) is 39.6 Å². The van der Waals surface area contributed by atoms with E-state index in [-0.39, 0.29) is 36.5 Å². The van der Waals surface area contributed by atoms with Gasteiger partial charge in [-0.1, -0.05) is 24.3 Å². The fourth-order valence-electron chi connectivity index (χ4n) is 2.67. The van der Waals surface area contributed by atoms with Crippen LogP contribution in [-0.4, -0.2) is 60.1 Å². The van der Waals surface area contributed by atoms with Crippen LogP contribution in [0.2, 0.25) is 0 Å². The van der Waals surface area contributed by atoms with Crippen LogP contribution in [0.1, 0.15) is 37.3 Å². The van der Waals surface area contributed by atoms with Crippen molar-refractivity contribution in [2.24, 2.45) is 0 Å². The fourth-order valence-corrected chi connectivity index (χ4v) is 2.67. The lowest BCUT2D eigenvalue weighted by Gasteiger charge is -2.28. The summed E-state index contributed by atoms with van der Waals surface area (Å²) < 4.78 is 5.30. The average molecular weight is 374 g/mol. The molecule has 1 saturated heterocycles. The van der Waals surface area contributed by atoms with Crippen LogP contribution >= 0.6 is 0 Å². The lowest BCUT2D eigenvalue weighted by Crippen LogP contribution is -2.48. The van der Waals surface area contributed by atoms with E-state index < -0.39 is 0 Å². The molecule has 7 nitrogen and oxygen atoms in total. The second-order valence-electron chi connectivity index (χ2n) is 6.79. The molecule has 0 unspecified atom stereocenters. The predicted octanol–water partition coefficient (Wildman–Crippen LogP) is 1.33. The third-order valence-electron chi connectivity index (χ3n) is 4.42. The van der Waals surface area contributed by atoms with Crippen LogP contribution in [0.15, 0.2) is 24.3 Å². The van der Waals surface area contributed by atoms with E-state index in [1.807, 2.05) is 24.3 Å². The molecule has 146 valence electrons. The molecule has 0 aromatic heterocycles. The summed E-state index contributed by atoms with van der Waals surface area (Å²) >= 11 is 0. The molecule has 0 saturated carbocycles. The first-order valence-electron chi connectivity index (χ1n) is 9.09. The molecule has 1 fully saturated rings. The molecule has 1 aromatic carbocycles. The van der Waals surface area contributed by atoms with Crippen LogP contribution in [0.5, 0.6) is 0 Å². The maximum absolute atomic E-state index is 12.1. The molecule has 1 aliphatic rings. The minimum absolute atomic E-state index is 0.00907. The van der Waals surface area contributed by atoms with Gasteiger partial charge in [0.2, 0.25) is 17.7 Å². The Morgan fingerprint density at radius 1 is 1.15 bits per heavy atom. The second kappa shape index (κ2) is 9.97. The predicted molar refractivity (Wildman–Crippen MR) is 98.7 cm³/mol. The van der Waals surface area contributed by atoms with Crippen molar-refractivity contribution < 1.29 is 23.9 Å². The summed E-state index contributed by atoms with van der Waals surface area (Å²) in [7, 11) is 1.70. The molecule has 0 aliphatic carbocycles. The molecular formula is C20H26N2O5. The molecule has 0 radical (unpaired) electrons. The number of rotatable bonds is 10. The summed E-state index contributed by atoms with van der Waals surface area (Å²) in [5.41, 5.74) is 1.78. The number of amides is 3. The number of benzene rings is 1. The Labute approximate surface area is 159 Å². The van der Waals surface area contributed by atoms with Gasteiger partial charge in [-0.05, 0) is 24.5 Å². The number of carbonyl (C=O) groups excluding carboxylic acids is 4. The lowest BCUT2D eigenvalue weighted by molar-refractivity contribution is -0.152. The van der Waals surface area contributed by atoms with Gasteiger partial charge in [-0.25, -0.2) is 0 Å². The van der Waals surface area contributed by atoms with Crippen LogP contribution < -0.4 is 0 Å². The molecule has 0 N–H and O–H groups in total. The molecule has 2 rings (SSSR count). The van der Waals surface area contributed by atoms with Crippen molar-refractivity contribution in [1.29, 1.82) is 0 Å². The molecular weight excluding hydrogens is 348 g/mol. The third kappa shape index (κ3) is 6.60. The van der Waals surface area contributed by atoms with E-state index in [2.05, 4.69) is 0 Å². The molecule has 0 atom stereocenters. The van der Waals surface area contributed by atoms with Gasteiger partial charge >= 0.3 is 0 Å². The first kappa shape index (κ1) is 20.8. The number of imide groups is 1. The number of carbonyl (C=O) groups is 4. The Hall–Kier alpha value is -2.54. The van der Waals surface area contributed by atoms with E-state index in [1.54, 1.807) is 11.9 Å². The van der Waals surface area contributed by atoms with E-state index >= 15 is 0 Å². The summed E-state index contributed by atoms with van der Waals surface area (Å²) in [6.45, 7) is 2.87. The second-order valence-corrected chi connectivity index (χ2v) is 6.79. The minimum Gasteiger partial charge on any atom is -0.372 e. The van der Waals surface area contributed by atoms with Crippen molar-refractivity contribution in [2.75, 3.05) is 26.8 Å². The maximum Gasteiger partial charge on any atom is 0.248 e. The number of hydrogen-bond acceptors (Lipinski definition) is 5. The maximum atomic E-state index is 12.1. The van der Waals surface area contributed by atoms with Gasteiger partial charge in [0.1, 0.15) is 12.4 Å². The van der Waals surface area contributed by atoms with Crippen molar-refractivity contribution >= 4 is 23.5 Å².